The van der Waals surface area contributed by atoms with Crippen LogP contribution in [0.3, 0.4) is 0 Å². The minimum atomic E-state index is -0.426. The number of hydrogen-bond donors (Lipinski definition) is 1. The summed E-state index contributed by atoms with van der Waals surface area (Å²) < 4.78 is 18.8. The fourth-order valence-corrected chi connectivity index (χ4v) is 3.58. The van der Waals surface area contributed by atoms with Gasteiger partial charge in [0.15, 0.2) is 16.7 Å². The number of carbonyl (C=O) groups is 1. The van der Waals surface area contributed by atoms with Crippen LogP contribution in [0.1, 0.15) is 18.1 Å². The number of ether oxygens (including phenoxy) is 1. The second-order valence-electron chi connectivity index (χ2n) is 6.23. The molecule has 7 heteroatoms. The van der Waals surface area contributed by atoms with Crippen LogP contribution in [0.4, 0.5) is 4.39 Å². The number of carbonyl (C=O) groups excluding carboxylic acids is 1. The van der Waals surface area contributed by atoms with Crippen LogP contribution < -0.4 is 4.74 Å². The monoisotopic (exact) mass is 387 g/mol. The van der Waals surface area contributed by atoms with E-state index in [-0.39, 0.29) is 17.4 Å². The highest BCUT2D eigenvalue weighted by molar-refractivity contribution is 7.99. The molecule has 1 aromatic heterocycles. The molecule has 0 radical (unpaired) electrons. The normalized spacial score (nSPS) is 11.0. The number of rotatable bonds is 7. The number of methoxy groups -OCH3 is 1. The van der Waals surface area contributed by atoms with E-state index < -0.39 is 5.82 Å². The summed E-state index contributed by atoms with van der Waals surface area (Å²) in [7, 11) is 1.43. The van der Waals surface area contributed by atoms with Crippen molar-refractivity contribution < 1.29 is 13.9 Å². The molecule has 0 atom stereocenters. The molecule has 1 N–H and O–H groups in total. The van der Waals surface area contributed by atoms with Gasteiger partial charge in [0.1, 0.15) is 0 Å². The molecule has 0 unspecified atom stereocenters. The van der Waals surface area contributed by atoms with Crippen molar-refractivity contribution in [2.24, 2.45) is 0 Å². The maximum atomic E-state index is 13.9. The van der Waals surface area contributed by atoms with Crippen molar-refractivity contribution in [1.82, 2.24) is 14.9 Å². The highest BCUT2D eigenvalue weighted by Gasteiger charge is 2.15. The van der Waals surface area contributed by atoms with Crippen LogP contribution in [0, 0.1) is 12.7 Å². The first-order valence-electron chi connectivity index (χ1n) is 8.69. The maximum Gasteiger partial charge on any atom is 0.233 e. The first kappa shape index (κ1) is 19.2. The quantitative estimate of drug-likeness (QED) is 0.619. The van der Waals surface area contributed by atoms with Gasteiger partial charge in [0.2, 0.25) is 5.91 Å². The van der Waals surface area contributed by atoms with E-state index in [1.54, 1.807) is 17.0 Å². The van der Waals surface area contributed by atoms with Crippen molar-refractivity contribution in [2.45, 2.75) is 25.5 Å². The molecular formula is C20H22FN3O2S. The summed E-state index contributed by atoms with van der Waals surface area (Å²) in [6.45, 7) is 4.84. The number of halogens is 1. The Morgan fingerprint density at radius 2 is 2.11 bits per heavy atom. The smallest absolute Gasteiger partial charge is 0.233 e. The van der Waals surface area contributed by atoms with E-state index in [2.05, 4.69) is 9.97 Å². The number of nitrogens with one attached hydrogen (secondary N) is 1. The molecule has 0 bridgehead atoms. The zero-order chi connectivity index (χ0) is 19.4. The number of H-pyrrole nitrogens is 1. The molecule has 3 rings (SSSR count). The molecule has 0 saturated heterocycles. The van der Waals surface area contributed by atoms with E-state index in [0.29, 0.717) is 13.1 Å². The fraction of sp³-hybridized carbons (Fsp3) is 0.300. The largest absolute Gasteiger partial charge is 0.494 e. The number of nitrogens with zero attached hydrogens (tertiary/aromatic N) is 2. The molecule has 0 fully saturated rings. The van der Waals surface area contributed by atoms with Crippen LogP contribution in [-0.2, 0) is 11.3 Å². The Bertz CT molecular complexity index is 958. The van der Waals surface area contributed by atoms with E-state index in [9.17, 15) is 9.18 Å². The van der Waals surface area contributed by atoms with Gasteiger partial charge in [0.05, 0.1) is 23.9 Å². The van der Waals surface area contributed by atoms with Crippen LogP contribution in [0.15, 0.2) is 41.6 Å². The van der Waals surface area contributed by atoms with Gasteiger partial charge in [-0.2, -0.15) is 0 Å². The lowest BCUT2D eigenvalue weighted by Crippen LogP contribution is -2.31. The van der Waals surface area contributed by atoms with Crippen molar-refractivity contribution in [3.63, 3.8) is 0 Å². The van der Waals surface area contributed by atoms with Crippen LogP contribution >= 0.6 is 11.8 Å². The summed E-state index contributed by atoms with van der Waals surface area (Å²) in [5.41, 5.74) is 3.73. The number of aromatic nitrogens is 2. The highest BCUT2D eigenvalue weighted by Crippen LogP contribution is 2.22. The number of aryl methyl sites for hydroxylation is 1. The zero-order valence-corrected chi connectivity index (χ0v) is 16.4. The van der Waals surface area contributed by atoms with Gasteiger partial charge < -0.3 is 14.6 Å². The highest BCUT2D eigenvalue weighted by atomic mass is 32.2. The predicted octanol–water partition coefficient (Wildman–Crippen LogP) is 4.16. The van der Waals surface area contributed by atoms with E-state index in [0.717, 1.165) is 27.3 Å². The number of imidazole rings is 1. The van der Waals surface area contributed by atoms with E-state index >= 15 is 0 Å². The molecule has 5 nitrogen and oxygen atoms in total. The van der Waals surface area contributed by atoms with Gasteiger partial charge in [-0.05, 0) is 49.2 Å². The van der Waals surface area contributed by atoms with Gasteiger partial charge in [-0.25, -0.2) is 9.37 Å². The first-order chi connectivity index (χ1) is 13.0. The molecule has 0 saturated carbocycles. The van der Waals surface area contributed by atoms with Crippen LogP contribution in [0.25, 0.3) is 11.0 Å². The fourth-order valence-electron chi connectivity index (χ4n) is 2.79. The van der Waals surface area contributed by atoms with Gasteiger partial charge >= 0.3 is 0 Å². The Hall–Kier alpha value is -2.54. The lowest BCUT2D eigenvalue weighted by molar-refractivity contribution is -0.128. The Morgan fingerprint density at radius 3 is 2.81 bits per heavy atom. The maximum absolute atomic E-state index is 13.9. The Labute approximate surface area is 161 Å². The van der Waals surface area contributed by atoms with Gasteiger partial charge in [0.25, 0.3) is 0 Å². The Kier molecular flexibility index (Phi) is 6.01. The van der Waals surface area contributed by atoms with Gasteiger partial charge in [-0.1, -0.05) is 23.9 Å². The minimum absolute atomic E-state index is 0.0182. The second kappa shape index (κ2) is 8.43. The third-order valence-electron chi connectivity index (χ3n) is 4.27. The van der Waals surface area contributed by atoms with Crippen LogP contribution in [0.2, 0.25) is 0 Å². The van der Waals surface area contributed by atoms with Gasteiger partial charge in [-0.3, -0.25) is 4.79 Å². The molecule has 142 valence electrons. The van der Waals surface area contributed by atoms with Gasteiger partial charge in [0, 0.05) is 13.1 Å². The lowest BCUT2D eigenvalue weighted by atomic mass is 10.2. The average molecular weight is 387 g/mol. The second-order valence-corrected chi connectivity index (χ2v) is 7.19. The van der Waals surface area contributed by atoms with Crippen molar-refractivity contribution in [2.75, 3.05) is 19.4 Å². The van der Waals surface area contributed by atoms with Crippen molar-refractivity contribution in [3.05, 3.63) is 53.3 Å². The molecule has 3 aromatic rings. The third-order valence-corrected chi connectivity index (χ3v) is 5.13. The van der Waals surface area contributed by atoms with Crippen molar-refractivity contribution >= 4 is 28.7 Å². The number of benzene rings is 2. The van der Waals surface area contributed by atoms with E-state index in [1.807, 2.05) is 32.0 Å². The molecule has 1 amide bonds. The first-order valence-corrected chi connectivity index (χ1v) is 9.68. The van der Waals surface area contributed by atoms with E-state index in [1.165, 1.54) is 24.9 Å². The summed E-state index contributed by atoms with van der Waals surface area (Å²) >= 11 is 1.37. The molecular weight excluding hydrogens is 365 g/mol. The standard InChI is InChI=1S/C20H22FN3O2S/c1-4-24(11-14-6-8-18(26-3)15(21)10-14)19(25)12-27-20-22-16-7-5-13(2)9-17(16)23-20/h5-10H,4,11-12H2,1-3H3,(H,22,23). The summed E-state index contributed by atoms with van der Waals surface area (Å²) in [6, 6.07) is 10.8. The number of fused-ring (bicyclic) bond motifs is 1. The Balaban J connectivity index is 1.63. The molecule has 2 aromatic carbocycles. The van der Waals surface area contributed by atoms with Crippen LogP contribution in [0.5, 0.6) is 5.75 Å². The predicted molar refractivity (Wildman–Crippen MR) is 106 cm³/mol. The zero-order valence-electron chi connectivity index (χ0n) is 15.6. The molecule has 0 aliphatic carbocycles. The summed E-state index contributed by atoms with van der Waals surface area (Å²) in [6.07, 6.45) is 0. The molecule has 0 spiro atoms. The lowest BCUT2D eigenvalue weighted by Gasteiger charge is -2.21. The van der Waals surface area contributed by atoms with E-state index in [4.69, 9.17) is 4.74 Å². The van der Waals surface area contributed by atoms with Crippen molar-refractivity contribution in [3.8, 4) is 5.75 Å². The molecule has 1 heterocycles. The number of amides is 1. The average Bonchev–Trinajstić information content (AvgIpc) is 3.06. The molecule has 0 aliphatic heterocycles. The number of aromatic amines is 1. The summed E-state index contributed by atoms with van der Waals surface area (Å²) in [4.78, 5) is 22.0. The number of thioether (sulfide) groups is 1. The van der Waals surface area contributed by atoms with Crippen molar-refractivity contribution in [1.29, 1.82) is 0 Å². The molecule has 0 aliphatic rings. The third kappa shape index (κ3) is 4.60. The van der Waals surface area contributed by atoms with Gasteiger partial charge in [-0.15, -0.1) is 0 Å². The SMILES string of the molecule is CCN(Cc1ccc(OC)c(F)c1)C(=O)CSc1nc2ccc(C)cc2[nH]1. The van der Waals surface area contributed by atoms with Crippen LogP contribution in [-0.4, -0.2) is 40.2 Å². The number of hydrogen-bond acceptors (Lipinski definition) is 4. The summed E-state index contributed by atoms with van der Waals surface area (Å²) in [5.74, 6) is 0.0234. The molecule has 27 heavy (non-hydrogen) atoms. The minimum Gasteiger partial charge on any atom is -0.494 e. The summed E-state index contributed by atoms with van der Waals surface area (Å²) in [5, 5.41) is 0.718. The topological polar surface area (TPSA) is 58.2 Å². The Morgan fingerprint density at radius 1 is 1.30 bits per heavy atom.